The average molecular weight is 222 g/mol. The number of carbonyl (C=O) groups is 1. The highest BCUT2D eigenvalue weighted by molar-refractivity contribution is 5.89. The highest BCUT2D eigenvalue weighted by Crippen LogP contribution is 2.25. The molecule has 0 bridgehead atoms. The van der Waals surface area contributed by atoms with E-state index in [9.17, 15) is 4.79 Å². The Morgan fingerprint density at radius 3 is 3.25 bits per heavy atom. The maximum Gasteiger partial charge on any atom is 0.339 e. The Balaban J connectivity index is 2.28. The number of hydrogen-bond acceptors (Lipinski definition) is 5. The largest absolute Gasteiger partial charge is 0.490 e. The van der Waals surface area contributed by atoms with Gasteiger partial charge >= 0.3 is 5.97 Å². The summed E-state index contributed by atoms with van der Waals surface area (Å²) in [4.78, 5) is 15.5. The minimum atomic E-state index is -0.402. The molecule has 0 saturated heterocycles. The van der Waals surface area contributed by atoms with Crippen LogP contribution in [0.1, 0.15) is 23.2 Å². The van der Waals surface area contributed by atoms with Gasteiger partial charge in [0.05, 0.1) is 19.3 Å². The Morgan fingerprint density at radius 1 is 1.56 bits per heavy atom. The van der Waals surface area contributed by atoms with E-state index in [1.165, 1.54) is 13.3 Å². The first kappa shape index (κ1) is 10.7. The molecule has 5 nitrogen and oxygen atoms in total. The number of rotatable bonds is 1. The maximum absolute atomic E-state index is 11.3. The van der Waals surface area contributed by atoms with Crippen LogP contribution in [0.4, 0.5) is 5.82 Å². The fourth-order valence-electron chi connectivity index (χ4n) is 1.53. The highest BCUT2D eigenvalue weighted by atomic mass is 16.5. The lowest BCUT2D eigenvalue weighted by Crippen LogP contribution is -2.13. The summed E-state index contributed by atoms with van der Waals surface area (Å²) >= 11 is 0. The van der Waals surface area contributed by atoms with Gasteiger partial charge in [0.25, 0.3) is 0 Å². The topological polar surface area (TPSA) is 60.5 Å². The zero-order chi connectivity index (χ0) is 11.4. The van der Waals surface area contributed by atoms with Crippen LogP contribution in [0.25, 0.3) is 0 Å². The van der Waals surface area contributed by atoms with Gasteiger partial charge < -0.3 is 14.8 Å². The molecule has 0 fully saturated rings. The van der Waals surface area contributed by atoms with E-state index in [2.05, 4.69) is 15.0 Å². The van der Waals surface area contributed by atoms with E-state index in [-0.39, 0.29) is 0 Å². The van der Waals surface area contributed by atoms with Crippen molar-refractivity contribution < 1.29 is 14.3 Å². The first-order valence-electron chi connectivity index (χ1n) is 5.26. The summed E-state index contributed by atoms with van der Waals surface area (Å²) in [6, 6.07) is 1.66. The van der Waals surface area contributed by atoms with Crippen LogP contribution in [0.3, 0.4) is 0 Å². The number of aromatic nitrogens is 1. The van der Waals surface area contributed by atoms with Crippen molar-refractivity contribution in [2.75, 3.05) is 25.6 Å². The van der Waals surface area contributed by atoms with Gasteiger partial charge in [-0.2, -0.15) is 0 Å². The molecule has 1 aliphatic rings. The van der Waals surface area contributed by atoms with Crippen LogP contribution in [0.2, 0.25) is 0 Å². The number of nitrogens with zero attached hydrogens (tertiary/aromatic N) is 1. The molecule has 0 spiro atoms. The molecule has 0 aliphatic carbocycles. The van der Waals surface area contributed by atoms with Crippen LogP contribution in [-0.4, -0.2) is 31.2 Å². The molecular weight excluding hydrogens is 208 g/mol. The smallest absolute Gasteiger partial charge is 0.339 e. The van der Waals surface area contributed by atoms with E-state index in [1.807, 2.05) is 0 Å². The summed E-state index contributed by atoms with van der Waals surface area (Å²) in [5.41, 5.74) is 0.406. The number of carbonyl (C=O) groups excluding carboxylic acids is 1. The SMILES string of the molecule is COC(=O)c1cnc2c(c1)OCCCCN2. The Morgan fingerprint density at radius 2 is 2.44 bits per heavy atom. The lowest BCUT2D eigenvalue weighted by Gasteiger charge is -2.16. The molecule has 5 heteroatoms. The molecule has 1 aromatic heterocycles. The standard InChI is InChI=1S/C11H14N2O3/c1-15-11(14)8-6-9-10(13-7-8)12-4-2-3-5-16-9/h6-7H,2-5H2,1H3,(H,12,13). The zero-order valence-electron chi connectivity index (χ0n) is 9.16. The number of hydrogen-bond donors (Lipinski definition) is 1. The van der Waals surface area contributed by atoms with E-state index >= 15 is 0 Å². The number of esters is 1. The number of pyridine rings is 1. The zero-order valence-corrected chi connectivity index (χ0v) is 9.16. The van der Waals surface area contributed by atoms with Crippen molar-refractivity contribution in [1.82, 2.24) is 4.98 Å². The minimum Gasteiger partial charge on any atom is -0.490 e. The van der Waals surface area contributed by atoms with Crippen molar-refractivity contribution in [2.24, 2.45) is 0 Å². The second kappa shape index (κ2) is 4.83. The van der Waals surface area contributed by atoms with Crippen LogP contribution >= 0.6 is 0 Å². The van der Waals surface area contributed by atoms with Crippen molar-refractivity contribution in [3.63, 3.8) is 0 Å². The van der Waals surface area contributed by atoms with Gasteiger partial charge in [-0.1, -0.05) is 0 Å². The van der Waals surface area contributed by atoms with Crippen LogP contribution in [0, 0.1) is 0 Å². The van der Waals surface area contributed by atoms with E-state index < -0.39 is 5.97 Å². The lowest BCUT2D eigenvalue weighted by atomic mass is 10.2. The average Bonchev–Trinajstić information content (AvgIpc) is 2.28. The van der Waals surface area contributed by atoms with E-state index in [1.54, 1.807) is 6.07 Å². The number of nitrogens with one attached hydrogen (secondary N) is 1. The van der Waals surface area contributed by atoms with Gasteiger partial charge in [0.1, 0.15) is 0 Å². The second-order valence-corrected chi connectivity index (χ2v) is 3.54. The number of methoxy groups -OCH3 is 1. The number of fused-ring (bicyclic) bond motifs is 1. The van der Waals surface area contributed by atoms with Gasteiger partial charge in [0.15, 0.2) is 11.6 Å². The Bertz CT molecular complexity index is 393. The van der Waals surface area contributed by atoms with Gasteiger partial charge in [-0.05, 0) is 12.8 Å². The first-order valence-corrected chi connectivity index (χ1v) is 5.26. The van der Waals surface area contributed by atoms with E-state index in [0.29, 0.717) is 23.7 Å². The monoisotopic (exact) mass is 222 g/mol. The summed E-state index contributed by atoms with van der Waals surface area (Å²) in [5.74, 6) is 0.899. The molecule has 1 aromatic rings. The predicted molar refractivity (Wildman–Crippen MR) is 58.8 cm³/mol. The third-order valence-corrected chi connectivity index (χ3v) is 2.39. The number of anilines is 1. The van der Waals surface area contributed by atoms with Crippen LogP contribution in [-0.2, 0) is 4.74 Å². The molecule has 2 heterocycles. The molecule has 0 unspecified atom stereocenters. The summed E-state index contributed by atoms with van der Waals surface area (Å²) in [6.45, 7) is 1.53. The third kappa shape index (κ3) is 2.24. The second-order valence-electron chi connectivity index (χ2n) is 3.54. The normalized spacial score (nSPS) is 14.8. The van der Waals surface area contributed by atoms with Crippen molar-refractivity contribution >= 4 is 11.8 Å². The molecule has 2 rings (SSSR count). The van der Waals surface area contributed by atoms with Gasteiger partial charge in [-0.15, -0.1) is 0 Å². The van der Waals surface area contributed by atoms with Gasteiger partial charge in [-0.25, -0.2) is 9.78 Å². The van der Waals surface area contributed by atoms with Crippen molar-refractivity contribution in [3.05, 3.63) is 17.8 Å². The van der Waals surface area contributed by atoms with Crippen LogP contribution < -0.4 is 10.1 Å². The van der Waals surface area contributed by atoms with Gasteiger partial charge in [-0.3, -0.25) is 0 Å². The molecule has 1 N–H and O–H groups in total. The van der Waals surface area contributed by atoms with E-state index in [0.717, 1.165) is 19.4 Å². The maximum atomic E-state index is 11.3. The van der Waals surface area contributed by atoms with E-state index in [4.69, 9.17) is 4.74 Å². The van der Waals surface area contributed by atoms with Crippen molar-refractivity contribution in [1.29, 1.82) is 0 Å². The Hall–Kier alpha value is -1.78. The molecular formula is C11H14N2O3. The van der Waals surface area contributed by atoms with Crippen molar-refractivity contribution in [3.8, 4) is 5.75 Å². The molecule has 16 heavy (non-hydrogen) atoms. The van der Waals surface area contributed by atoms with Crippen LogP contribution in [0.5, 0.6) is 5.75 Å². The minimum absolute atomic E-state index is 0.402. The lowest BCUT2D eigenvalue weighted by molar-refractivity contribution is 0.0599. The quantitative estimate of drug-likeness (QED) is 0.729. The van der Waals surface area contributed by atoms with Crippen molar-refractivity contribution in [2.45, 2.75) is 12.8 Å². The molecule has 86 valence electrons. The first-order chi connectivity index (χ1) is 7.81. The summed E-state index contributed by atoms with van der Waals surface area (Å²) < 4.78 is 10.2. The molecule has 0 atom stereocenters. The molecule has 0 amide bonds. The Labute approximate surface area is 93.8 Å². The highest BCUT2D eigenvalue weighted by Gasteiger charge is 2.13. The van der Waals surface area contributed by atoms with Gasteiger partial charge in [0.2, 0.25) is 0 Å². The molecule has 0 aromatic carbocycles. The third-order valence-electron chi connectivity index (χ3n) is 2.39. The molecule has 0 radical (unpaired) electrons. The fourth-order valence-corrected chi connectivity index (χ4v) is 1.53. The predicted octanol–water partition coefficient (Wildman–Crippen LogP) is 1.45. The number of ether oxygens (including phenoxy) is 2. The molecule has 0 saturated carbocycles. The van der Waals surface area contributed by atoms with Crippen LogP contribution in [0.15, 0.2) is 12.3 Å². The van der Waals surface area contributed by atoms with Gasteiger partial charge in [0, 0.05) is 18.8 Å². The fraction of sp³-hybridized carbons (Fsp3) is 0.455. The Kier molecular flexibility index (Phi) is 3.24. The summed E-state index contributed by atoms with van der Waals surface area (Å²) in [5, 5.41) is 3.16. The summed E-state index contributed by atoms with van der Waals surface area (Å²) in [7, 11) is 1.35. The molecule has 1 aliphatic heterocycles. The summed E-state index contributed by atoms with van der Waals surface area (Å²) in [6.07, 6.45) is 3.54.